The van der Waals surface area contributed by atoms with E-state index in [4.69, 9.17) is 18.9 Å². The second-order valence-corrected chi connectivity index (χ2v) is 6.09. The molecule has 0 unspecified atom stereocenters. The monoisotopic (exact) mass is 454 g/mol. The molecule has 0 saturated carbocycles. The van der Waals surface area contributed by atoms with E-state index in [9.17, 15) is 13.6 Å². The first-order chi connectivity index (χ1) is 15.4. The van der Waals surface area contributed by atoms with Gasteiger partial charge in [-0.05, 0) is 18.9 Å². The number of hydrogen-bond donors (Lipinski definition) is 2. The standard InChI is InChI=1S/C14H15F2N3O3.C4H8O.C3H5NO/c1-17-14-18-5-8(6-19-14)22-7-9-12(15)10(20-2)4-11(21-3)13(9)16;1-2-4-5-3-1;1-2-3(4)5/h4-6H,7H2,1-3H3,(H,17,18,19);1-4H2;2H,1H2,(H2,4,5). The molecule has 1 fully saturated rings. The molecule has 0 atom stereocenters. The predicted octanol–water partition coefficient (Wildman–Crippen LogP) is 2.85. The summed E-state index contributed by atoms with van der Waals surface area (Å²) in [4.78, 5) is 17.3. The number of primary amides is 1. The predicted molar refractivity (Wildman–Crippen MR) is 115 cm³/mol. The zero-order valence-corrected chi connectivity index (χ0v) is 18.3. The molecule has 1 saturated heterocycles. The average molecular weight is 454 g/mol. The fourth-order valence-corrected chi connectivity index (χ4v) is 2.25. The number of aromatic nitrogens is 2. The van der Waals surface area contributed by atoms with Crippen molar-refractivity contribution < 1.29 is 32.5 Å². The van der Waals surface area contributed by atoms with Gasteiger partial charge in [-0.25, -0.2) is 18.7 Å². The first-order valence-corrected chi connectivity index (χ1v) is 9.58. The van der Waals surface area contributed by atoms with Crippen molar-refractivity contribution in [3.63, 3.8) is 0 Å². The molecule has 2 heterocycles. The molecule has 3 rings (SSSR count). The second kappa shape index (κ2) is 14.5. The van der Waals surface area contributed by atoms with Gasteiger partial charge in [0, 0.05) is 26.3 Å². The van der Waals surface area contributed by atoms with Crippen LogP contribution < -0.4 is 25.3 Å². The maximum Gasteiger partial charge on any atom is 0.240 e. The quantitative estimate of drug-likeness (QED) is 0.614. The highest BCUT2D eigenvalue weighted by atomic mass is 19.1. The van der Waals surface area contributed by atoms with Gasteiger partial charge in [0.05, 0.1) is 32.2 Å². The summed E-state index contributed by atoms with van der Waals surface area (Å²) in [5.74, 6) is -1.73. The molecular formula is C21H28F2N4O5. The van der Waals surface area contributed by atoms with Crippen LogP contribution >= 0.6 is 0 Å². The fourth-order valence-electron chi connectivity index (χ4n) is 2.25. The van der Waals surface area contributed by atoms with E-state index in [1.165, 1.54) is 39.5 Å². The Morgan fingerprint density at radius 3 is 2.03 bits per heavy atom. The van der Waals surface area contributed by atoms with Crippen LogP contribution in [0.4, 0.5) is 14.7 Å². The SMILES string of the molecule is C1CCOC1.C=CC(N)=O.CNc1ncc(OCc2c(F)c(OC)cc(OC)c2F)cn1. The highest BCUT2D eigenvalue weighted by molar-refractivity contribution is 5.84. The van der Waals surface area contributed by atoms with Crippen LogP contribution in [0, 0.1) is 11.6 Å². The van der Waals surface area contributed by atoms with Gasteiger partial charge in [0.1, 0.15) is 6.61 Å². The van der Waals surface area contributed by atoms with E-state index in [2.05, 4.69) is 27.6 Å². The average Bonchev–Trinajstić information content (AvgIpc) is 3.40. The van der Waals surface area contributed by atoms with Crippen molar-refractivity contribution in [2.75, 3.05) is 39.8 Å². The Kier molecular flexibility index (Phi) is 12.1. The number of carbonyl (C=O) groups excluding carboxylic acids is 1. The molecule has 176 valence electrons. The van der Waals surface area contributed by atoms with Gasteiger partial charge in [0.2, 0.25) is 11.9 Å². The topological polar surface area (TPSA) is 118 Å². The molecule has 11 heteroatoms. The van der Waals surface area contributed by atoms with E-state index in [1.807, 2.05) is 0 Å². The Morgan fingerprint density at radius 1 is 1.19 bits per heavy atom. The molecule has 1 aromatic heterocycles. The van der Waals surface area contributed by atoms with Gasteiger partial charge in [-0.2, -0.15) is 0 Å². The number of nitrogens with two attached hydrogens (primary N) is 1. The molecule has 2 aromatic rings. The lowest BCUT2D eigenvalue weighted by Gasteiger charge is -2.13. The molecule has 9 nitrogen and oxygen atoms in total. The van der Waals surface area contributed by atoms with Gasteiger partial charge in [-0.3, -0.25) is 4.79 Å². The molecule has 1 amide bonds. The minimum absolute atomic E-state index is 0.126. The molecule has 1 aliphatic rings. The number of hydrogen-bond acceptors (Lipinski definition) is 8. The van der Waals surface area contributed by atoms with E-state index in [0.29, 0.717) is 5.95 Å². The maximum absolute atomic E-state index is 14.1. The van der Waals surface area contributed by atoms with Crippen molar-refractivity contribution in [2.24, 2.45) is 5.73 Å². The van der Waals surface area contributed by atoms with E-state index in [-0.39, 0.29) is 29.4 Å². The Balaban J connectivity index is 0.000000421. The van der Waals surface area contributed by atoms with Gasteiger partial charge < -0.3 is 30.0 Å². The number of halogens is 2. The van der Waals surface area contributed by atoms with Crippen molar-refractivity contribution in [3.05, 3.63) is 48.3 Å². The molecular weight excluding hydrogens is 426 g/mol. The Bertz CT molecular complexity index is 826. The van der Waals surface area contributed by atoms with E-state index in [0.717, 1.165) is 25.4 Å². The number of methoxy groups -OCH3 is 2. The van der Waals surface area contributed by atoms with Gasteiger partial charge in [-0.1, -0.05) is 6.58 Å². The van der Waals surface area contributed by atoms with Crippen LogP contribution in [0.2, 0.25) is 0 Å². The summed E-state index contributed by atoms with van der Waals surface area (Å²) >= 11 is 0. The number of carbonyl (C=O) groups is 1. The van der Waals surface area contributed by atoms with Crippen LogP contribution in [-0.4, -0.2) is 50.4 Å². The summed E-state index contributed by atoms with van der Waals surface area (Å²) in [6.45, 7) is 4.73. The number of nitrogens with zero attached hydrogens (tertiary/aromatic N) is 2. The normalized spacial score (nSPS) is 11.8. The van der Waals surface area contributed by atoms with Crippen molar-refractivity contribution in [1.29, 1.82) is 0 Å². The lowest BCUT2D eigenvalue weighted by Crippen LogP contribution is -2.06. The molecule has 1 aliphatic heterocycles. The van der Waals surface area contributed by atoms with Crippen molar-refractivity contribution in [1.82, 2.24) is 9.97 Å². The van der Waals surface area contributed by atoms with Crippen LogP contribution in [0.5, 0.6) is 17.2 Å². The summed E-state index contributed by atoms with van der Waals surface area (Å²) in [7, 11) is 4.23. The third kappa shape index (κ3) is 8.72. The minimum Gasteiger partial charge on any atom is -0.494 e. The van der Waals surface area contributed by atoms with Crippen LogP contribution in [0.3, 0.4) is 0 Å². The van der Waals surface area contributed by atoms with Gasteiger partial charge in [0.25, 0.3) is 0 Å². The molecule has 0 radical (unpaired) electrons. The van der Waals surface area contributed by atoms with Crippen LogP contribution in [-0.2, 0) is 16.1 Å². The summed E-state index contributed by atoms with van der Waals surface area (Å²) in [5, 5.41) is 2.75. The van der Waals surface area contributed by atoms with Gasteiger partial charge in [-0.15, -0.1) is 0 Å². The smallest absolute Gasteiger partial charge is 0.240 e. The summed E-state index contributed by atoms with van der Waals surface area (Å²) in [5.41, 5.74) is 4.24. The minimum atomic E-state index is -0.839. The highest BCUT2D eigenvalue weighted by Crippen LogP contribution is 2.31. The van der Waals surface area contributed by atoms with Crippen LogP contribution in [0.1, 0.15) is 18.4 Å². The molecule has 3 N–H and O–H groups in total. The fraction of sp³-hybridized carbons (Fsp3) is 0.381. The number of ether oxygens (including phenoxy) is 4. The first-order valence-electron chi connectivity index (χ1n) is 9.58. The summed E-state index contributed by atoms with van der Waals surface area (Å²) in [6.07, 6.45) is 6.40. The Labute approximate surface area is 185 Å². The lowest BCUT2D eigenvalue weighted by atomic mass is 10.1. The van der Waals surface area contributed by atoms with Crippen molar-refractivity contribution in [2.45, 2.75) is 19.4 Å². The number of anilines is 1. The van der Waals surface area contributed by atoms with Crippen molar-refractivity contribution >= 4 is 11.9 Å². The first kappa shape index (κ1) is 26.6. The largest absolute Gasteiger partial charge is 0.494 e. The Hall–Kier alpha value is -3.47. The molecule has 0 aliphatic carbocycles. The van der Waals surface area contributed by atoms with Crippen LogP contribution in [0.15, 0.2) is 31.1 Å². The third-order valence-corrected chi connectivity index (χ3v) is 3.93. The highest BCUT2D eigenvalue weighted by Gasteiger charge is 2.20. The molecule has 32 heavy (non-hydrogen) atoms. The molecule has 0 spiro atoms. The second-order valence-electron chi connectivity index (χ2n) is 6.09. The summed E-state index contributed by atoms with van der Waals surface area (Å²) < 4.78 is 48.2. The lowest BCUT2D eigenvalue weighted by molar-refractivity contribution is -0.113. The Morgan fingerprint density at radius 2 is 1.69 bits per heavy atom. The zero-order chi connectivity index (χ0) is 23.9. The van der Waals surface area contributed by atoms with E-state index < -0.39 is 17.5 Å². The number of amides is 1. The molecule has 1 aromatic carbocycles. The van der Waals surface area contributed by atoms with E-state index in [1.54, 1.807) is 7.05 Å². The van der Waals surface area contributed by atoms with Crippen LogP contribution in [0.25, 0.3) is 0 Å². The van der Waals surface area contributed by atoms with Gasteiger partial charge in [0.15, 0.2) is 28.9 Å². The third-order valence-electron chi connectivity index (χ3n) is 3.93. The maximum atomic E-state index is 14.1. The summed E-state index contributed by atoms with van der Waals surface area (Å²) in [6, 6.07) is 1.14. The zero-order valence-electron chi connectivity index (χ0n) is 18.3. The number of rotatable bonds is 7. The van der Waals surface area contributed by atoms with Crippen molar-refractivity contribution in [3.8, 4) is 17.2 Å². The number of nitrogens with one attached hydrogen (secondary N) is 1. The van der Waals surface area contributed by atoms with Gasteiger partial charge >= 0.3 is 0 Å². The molecule has 0 bridgehead atoms. The van der Waals surface area contributed by atoms with E-state index >= 15 is 0 Å². The number of benzene rings is 1.